The Balaban J connectivity index is 0.00000169. The van der Waals surface area contributed by atoms with Crippen molar-refractivity contribution in [3.63, 3.8) is 0 Å². The number of rotatable bonds is 5. The van der Waals surface area contributed by atoms with Gasteiger partial charge in [-0.3, -0.25) is 0 Å². The van der Waals surface area contributed by atoms with Crippen LogP contribution in [0, 0.1) is 12.8 Å². The van der Waals surface area contributed by atoms with Crippen LogP contribution in [-0.4, -0.2) is 24.5 Å². The number of unbranched alkanes of at least 4 members (excludes halogenated alkanes) is 3. The van der Waals surface area contributed by atoms with E-state index in [-0.39, 0.29) is 51.4 Å². The van der Waals surface area contributed by atoms with Crippen LogP contribution < -0.4 is 51.4 Å². The van der Waals surface area contributed by atoms with Gasteiger partial charge in [-0.25, -0.2) is 0 Å². The van der Waals surface area contributed by atoms with Crippen LogP contribution in [0.25, 0.3) is 0 Å². The van der Waals surface area contributed by atoms with E-state index in [1.165, 1.54) is 51.7 Å². The molecule has 0 bridgehead atoms. The third-order valence-corrected chi connectivity index (χ3v) is 3.10. The summed E-state index contributed by atoms with van der Waals surface area (Å²) in [6.45, 7) is 10.2. The smallest absolute Gasteiger partial charge is 0.343 e. The van der Waals surface area contributed by atoms with Crippen LogP contribution in [0.4, 0.5) is 0 Å². The summed E-state index contributed by atoms with van der Waals surface area (Å²) in [6, 6.07) is 0. The van der Waals surface area contributed by atoms with Crippen LogP contribution in [0.1, 0.15) is 45.4 Å². The van der Waals surface area contributed by atoms with Gasteiger partial charge in [0.05, 0.1) is 0 Å². The van der Waals surface area contributed by atoms with E-state index < -0.39 is 0 Å². The fraction of sp³-hybridized carbons (Fsp3) is 0.917. The average Bonchev–Trinajstić information content (AvgIpc) is 2.15. The molecule has 0 unspecified atom stereocenters. The molecule has 0 radical (unpaired) electrons. The Morgan fingerprint density at radius 1 is 1.14 bits per heavy atom. The minimum atomic E-state index is 0. The van der Waals surface area contributed by atoms with E-state index in [4.69, 9.17) is 0 Å². The largest absolute Gasteiger partial charge is 1.00 e. The third kappa shape index (κ3) is 6.97. The normalized spacial score (nSPS) is 19.3. The van der Waals surface area contributed by atoms with Crippen molar-refractivity contribution in [2.75, 3.05) is 19.6 Å². The van der Waals surface area contributed by atoms with Crippen molar-refractivity contribution in [2.45, 2.75) is 45.4 Å². The Hall–Kier alpha value is 1.60. The SMILES string of the molecule is [CH2-]CCCCCN1CCC(C)CC1.[K+]. The Kier molecular flexibility index (Phi) is 10.9. The minimum absolute atomic E-state index is 0. The van der Waals surface area contributed by atoms with Crippen LogP contribution in [0.2, 0.25) is 0 Å². The Labute approximate surface area is 132 Å². The molecule has 0 N–H and O–H groups in total. The van der Waals surface area contributed by atoms with E-state index in [1.54, 1.807) is 0 Å². The van der Waals surface area contributed by atoms with Gasteiger partial charge in [-0.1, -0.05) is 19.8 Å². The topological polar surface area (TPSA) is 3.24 Å². The van der Waals surface area contributed by atoms with E-state index in [2.05, 4.69) is 18.7 Å². The van der Waals surface area contributed by atoms with Crippen molar-refractivity contribution < 1.29 is 51.4 Å². The summed E-state index contributed by atoms with van der Waals surface area (Å²) >= 11 is 0. The summed E-state index contributed by atoms with van der Waals surface area (Å²) in [5, 5.41) is 0. The molecule has 1 aliphatic rings. The molecule has 1 fully saturated rings. The molecule has 0 spiro atoms. The Morgan fingerprint density at radius 3 is 2.36 bits per heavy atom. The zero-order chi connectivity index (χ0) is 9.52. The maximum absolute atomic E-state index is 3.87. The van der Waals surface area contributed by atoms with Gasteiger partial charge in [0.1, 0.15) is 0 Å². The summed E-state index contributed by atoms with van der Waals surface area (Å²) < 4.78 is 0. The second-order valence-electron chi connectivity index (χ2n) is 4.44. The number of nitrogens with zero attached hydrogens (tertiary/aromatic N) is 1. The van der Waals surface area contributed by atoms with E-state index >= 15 is 0 Å². The van der Waals surface area contributed by atoms with Crippen molar-refractivity contribution in [3.05, 3.63) is 6.92 Å². The molecule has 1 heterocycles. The molecule has 0 aromatic rings. The summed E-state index contributed by atoms with van der Waals surface area (Å²) in [4.78, 5) is 2.63. The van der Waals surface area contributed by atoms with Gasteiger partial charge < -0.3 is 11.8 Å². The van der Waals surface area contributed by atoms with Crippen LogP contribution in [0.3, 0.4) is 0 Å². The quantitative estimate of drug-likeness (QED) is 0.362. The fourth-order valence-electron chi connectivity index (χ4n) is 1.97. The van der Waals surface area contributed by atoms with E-state index in [9.17, 15) is 0 Å². The van der Waals surface area contributed by atoms with Gasteiger partial charge in [0, 0.05) is 0 Å². The van der Waals surface area contributed by atoms with Crippen molar-refractivity contribution in [3.8, 4) is 0 Å². The van der Waals surface area contributed by atoms with Crippen LogP contribution in [0.5, 0.6) is 0 Å². The molecule has 0 aromatic carbocycles. The zero-order valence-electron chi connectivity index (χ0n) is 10.1. The van der Waals surface area contributed by atoms with Gasteiger partial charge in [-0.05, 0) is 44.8 Å². The summed E-state index contributed by atoms with van der Waals surface area (Å²) in [5.74, 6) is 0.969. The maximum Gasteiger partial charge on any atom is 1.00 e. The Morgan fingerprint density at radius 2 is 1.79 bits per heavy atom. The molecule has 78 valence electrons. The summed E-state index contributed by atoms with van der Waals surface area (Å²) in [5.41, 5.74) is 0. The number of piperidine rings is 1. The van der Waals surface area contributed by atoms with Gasteiger partial charge in [-0.2, -0.15) is 6.42 Å². The standard InChI is InChI=1S/C12H24N.K/c1-3-4-5-6-9-13-10-7-12(2)8-11-13;/h12H,1,3-11H2,2H3;/q-1;+1. The molecule has 14 heavy (non-hydrogen) atoms. The van der Waals surface area contributed by atoms with Crippen molar-refractivity contribution in [2.24, 2.45) is 5.92 Å². The molecule has 0 saturated carbocycles. The Bertz CT molecular complexity index is 119. The van der Waals surface area contributed by atoms with Gasteiger partial charge in [0.15, 0.2) is 0 Å². The second-order valence-corrected chi connectivity index (χ2v) is 4.44. The molecule has 0 amide bonds. The van der Waals surface area contributed by atoms with Crippen LogP contribution in [0.15, 0.2) is 0 Å². The van der Waals surface area contributed by atoms with Crippen molar-refractivity contribution in [1.29, 1.82) is 0 Å². The first-order valence-electron chi connectivity index (χ1n) is 5.84. The molecule has 0 aromatic heterocycles. The molecule has 1 nitrogen and oxygen atoms in total. The van der Waals surface area contributed by atoms with Crippen molar-refractivity contribution >= 4 is 0 Å². The molecule has 0 atom stereocenters. The fourth-order valence-corrected chi connectivity index (χ4v) is 1.97. The summed E-state index contributed by atoms with van der Waals surface area (Å²) in [6.07, 6.45) is 7.99. The monoisotopic (exact) mass is 221 g/mol. The predicted molar refractivity (Wildman–Crippen MR) is 58.7 cm³/mol. The van der Waals surface area contributed by atoms with Gasteiger partial charge >= 0.3 is 51.4 Å². The maximum atomic E-state index is 3.87. The van der Waals surface area contributed by atoms with Crippen molar-refractivity contribution in [1.82, 2.24) is 4.90 Å². The molecule has 2 heteroatoms. The average molecular weight is 221 g/mol. The van der Waals surface area contributed by atoms with E-state index in [0.717, 1.165) is 12.3 Å². The number of likely N-dealkylation sites (tertiary alicyclic amines) is 1. The van der Waals surface area contributed by atoms with Crippen LogP contribution in [-0.2, 0) is 0 Å². The number of hydrogen-bond acceptors (Lipinski definition) is 1. The minimum Gasteiger partial charge on any atom is -0.343 e. The molecule has 1 aliphatic heterocycles. The van der Waals surface area contributed by atoms with Gasteiger partial charge in [0.2, 0.25) is 0 Å². The second kappa shape index (κ2) is 9.80. The first-order chi connectivity index (χ1) is 6.33. The summed E-state index contributed by atoms with van der Waals surface area (Å²) in [7, 11) is 0. The third-order valence-electron chi connectivity index (χ3n) is 3.10. The van der Waals surface area contributed by atoms with Gasteiger partial charge in [-0.15, -0.1) is 0 Å². The molecular weight excluding hydrogens is 197 g/mol. The molecule has 1 saturated heterocycles. The van der Waals surface area contributed by atoms with E-state index in [1.807, 2.05) is 0 Å². The predicted octanol–water partition coefficient (Wildman–Crippen LogP) is 0.117. The van der Waals surface area contributed by atoms with Crippen LogP contribution >= 0.6 is 0 Å². The first kappa shape index (κ1) is 15.6. The molecular formula is C12H24KN. The first-order valence-corrected chi connectivity index (χ1v) is 5.84. The van der Waals surface area contributed by atoms with E-state index in [0.29, 0.717) is 0 Å². The van der Waals surface area contributed by atoms with Gasteiger partial charge in [0.25, 0.3) is 0 Å². The molecule has 1 rings (SSSR count). The molecule has 0 aliphatic carbocycles. The number of hydrogen-bond donors (Lipinski definition) is 0. The zero-order valence-corrected chi connectivity index (χ0v) is 13.2.